The van der Waals surface area contributed by atoms with Crippen LogP contribution < -0.4 is 10.5 Å². The third-order valence-electron chi connectivity index (χ3n) is 3.44. The van der Waals surface area contributed by atoms with Gasteiger partial charge in [0.15, 0.2) is 12.4 Å². The molecular formula is C15H19N3O3. The van der Waals surface area contributed by atoms with Crippen molar-refractivity contribution >= 4 is 5.69 Å². The monoisotopic (exact) mass is 289 g/mol. The predicted molar refractivity (Wildman–Crippen MR) is 76.8 cm³/mol. The molecule has 1 unspecified atom stereocenters. The van der Waals surface area contributed by atoms with Gasteiger partial charge in [-0.05, 0) is 43.5 Å². The summed E-state index contributed by atoms with van der Waals surface area (Å²) in [5.74, 6) is 1.87. The van der Waals surface area contributed by atoms with Crippen molar-refractivity contribution in [1.29, 1.82) is 0 Å². The number of benzene rings is 1. The van der Waals surface area contributed by atoms with Crippen molar-refractivity contribution in [3.63, 3.8) is 0 Å². The number of nitrogens with two attached hydrogens (primary N) is 1. The van der Waals surface area contributed by atoms with Crippen molar-refractivity contribution in [2.45, 2.75) is 38.4 Å². The molecule has 0 saturated carbocycles. The first kappa shape index (κ1) is 13.9. The molecule has 1 aliphatic heterocycles. The Bertz CT molecular complexity index is 562. The van der Waals surface area contributed by atoms with E-state index in [1.807, 2.05) is 12.1 Å². The number of hydrogen-bond acceptors (Lipinski definition) is 6. The smallest absolute Gasteiger partial charge is 0.264 e. The fourth-order valence-corrected chi connectivity index (χ4v) is 2.31. The van der Waals surface area contributed by atoms with Crippen molar-refractivity contribution in [3.8, 4) is 5.75 Å². The average Bonchev–Trinajstić information content (AvgIpc) is 2.95. The van der Waals surface area contributed by atoms with Gasteiger partial charge in [0.05, 0.1) is 6.10 Å². The molecule has 0 aliphatic carbocycles. The zero-order valence-corrected chi connectivity index (χ0v) is 11.8. The van der Waals surface area contributed by atoms with Gasteiger partial charge in [-0.3, -0.25) is 0 Å². The van der Waals surface area contributed by atoms with Crippen LogP contribution in [0.2, 0.25) is 0 Å². The molecular weight excluding hydrogens is 270 g/mol. The summed E-state index contributed by atoms with van der Waals surface area (Å²) in [4.78, 5) is 4.33. The minimum absolute atomic E-state index is 0.210. The summed E-state index contributed by atoms with van der Waals surface area (Å²) >= 11 is 0. The molecule has 0 amide bonds. The highest BCUT2D eigenvalue weighted by atomic mass is 16.5. The minimum Gasteiger partial charge on any atom is -0.484 e. The number of nitrogen functional groups attached to an aromatic ring is 1. The van der Waals surface area contributed by atoms with Gasteiger partial charge in [0.25, 0.3) is 5.89 Å². The van der Waals surface area contributed by atoms with E-state index in [-0.39, 0.29) is 12.7 Å². The highest BCUT2D eigenvalue weighted by Gasteiger charge is 2.17. The van der Waals surface area contributed by atoms with E-state index in [2.05, 4.69) is 10.1 Å². The van der Waals surface area contributed by atoms with E-state index in [0.29, 0.717) is 23.8 Å². The zero-order valence-electron chi connectivity index (χ0n) is 11.8. The van der Waals surface area contributed by atoms with E-state index >= 15 is 0 Å². The van der Waals surface area contributed by atoms with Crippen molar-refractivity contribution in [2.24, 2.45) is 0 Å². The van der Waals surface area contributed by atoms with Crippen LogP contribution >= 0.6 is 0 Å². The second kappa shape index (κ2) is 6.58. The largest absolute Gasteiger partial charge is 0.484 e. The van der Waals surface area contributed by atoms with Crippen molar-refractivity contribution < 1.29 is 14.0 Å². The van der Waals surface area contributed by atoms with Crippen molar-refractivity contribution in [3.05, 3.63) is 36.0 Å². The second-order valence-electron chi connectivity index (χ2n) is 5.15. The minimum atomic E-state index is 0.210. The lowest BCUT2D eigenvalue weighted by Gasteiger charge is -2.20. The molecule has 1 aromatic carbocycles. The molecule has 2 aromatic rings. The van der Waals surface area contributed by atoms with E-state index in [1.165, 1.54) is 6.42 Å². The van der Waals surface area contributed by atoms with Gasteiger partial charge in [0.2, 0.25) is 0 Å². The molecule has 2 heterocycles. The molecule has 1 fully saturated rings. The van der Waals surface area contributed by atoms with Gasteiger partial charge in [-0.15, -0.1) is 0 Å². The number of hydrogen-bond donors (Lipinski definition) is 1. The summed E-state index contributed by atoms with van der Waals surface area (Å²) in [5, 5.41) is 3.97. The molecule has 112 valence electrons. The van der Waals surface area contributed by atoms with E-state index < -0.39 is 0 Å². The van der Waals surface area contributed by atoms with Crippen molar-refractivity contribution in [1.82, 2.24) is 10.1 Å². The molecule has 6 heteroatoms. The summed E-state index contributed by atoms with van der Waals surface area (Å²) in [6, 6.07) is 7.19. The molecule has 0 spiro atoms. The molecule has 6 nitrogen and oxygen atoms in total. The van der Waals surface area contributed by atoms with Gasteiger partial charge in [0.1, 0.15) is 5.75 Å². The molecule has 1 aliphatic rings. The second-order valence-corrected chi connectivity index (χ2v) is 5.15. The summed E-state index contributed by atoms with van der Waals surface area (Å²) in [7, 11) is 0. The zero-order chi connectivity index (χ0) is 14.5. The van der Waals surface area contributed by atoms with Crippen LogP contribution in [-0.4, -0.2) is 22.9 Å². The summed E-state index contributed by atoms with van der Waals surface area (Å²) in [6.45, 7) is 1.08. The third kappa shape index (κ3) is 3.95. The highest BCUT2D eigenvalue weighted by molar-refractivity contribution is 5.41. The molecule has 21 heavy (non-hydrogen) atoms. The molecule has 0 bridgehead atoms. The van der Waals surface area contributed by atoms with Crippen molar-refractivity contribution in [2.75, 3.05) is 12.3 Å². The number of rotatable bonds is 5. The van der Waals surface area contributed by atoms with Gasteiger partial charge in [-0.1, -0.05) is 5.16 Å². The van der Waals surface area contributed by atoms with Crippen LogP contribution in [-0.2, 0) is 17.8 Å². The Morgan fingerprint density at radius 1 is 1.24 bits per heavy atom. The topological polar surface area (TPSA) is 83.4 Å². The van der Waals surface area contributed by atoms with Crippen LogP contribution in [0.4, 0.5) is 5.69 Å². The van der Waals surface area contributed by atoms with Gasteiger partial charge in [0, 0.05) is 18.7 Å². The maximum absolute atomic E-state index is 5.67. The average molecular weight is 289 g/mol. The third-order valence-corrected chi connectivity index (χ3v) is 3.44. The lowest BCUT2D eigenvalue weighted by molar-refractivity contribution is 0.0153. The normalized spacial score (nSPS) is 18.6. The molecule has 0 radical (unpaired) electrons. The molecule has 2 N–H and O–H groups in total. The van der Waals surface area contributed by atoms with Crippen LogP contribution in [0, 0.1) is 0 Å². The Kier molecular flexibility index (Phi) is 4.35. The molecule has 3 rings (SSSR count). The fraction of sp³-hybridized carbons (Fsp3) is 0.467. The Morgan fingerprint density at radius 3 is 2.86 bits per heavy atom. The standard InChI is InChI=1S/C15H19N3O3/c16-11-4-6-12(7-5-11)20-10-15-17-14(18-21-15)9-13-3-1-2-8-19-13/h4-7,13H,1-3,8-10,16H2. The van der Waals surface area contributed by atoms with E-state index in [4.69, 9.17) is 19.7 Å². The number of aromatic nitrogens is 2. The summed E-state index contributed by atoms with van der Waals surface area (Å²) in [5.41, 5.74) is 6.32. The quantitative estimate of drug-likeness (QED) is 0.851. The van der Waals surface area contributed by atoms with Crippen LogP contribution in [0.25, 0.3) is 0 Å². The number of anilines is 1. The Hall–Kier alpha value is -2.08. The van der Waals surface area contributed by atoms with Gasteiger partial charge in [-0.25, -0.2) is 0 Å². The maximum Gasteiger partial charge on any atom is 0.264 e. The first-order valence-corrected chi connectivity index (χ1v) is 7.21. The van der Waals surface area contributed by atoms with E-state index in [0.717, 1.165) is 25.2 Å². The lowest BCUT2D eigenvalue weighted by Crippen LogP contribution is -2.21. The van der Waals surface area contributed by atoms with Crippen LogP contribution in [0.5, 0.6) is 5.75 Å². The fourth-order valence-electron chi connectivity index (χ4n) is 2.31. The Morgan fingerprint density at radius 2 is 2.10 bits per heavy atom. The van der Waals surface area contributed by atoms with Gasteiger partial charge < -0.3 is 19.7 Å². The SMILES string of the molecule is Nc1ccc(OCc2nc(CC3CCCCO3)no2)cc1. The van der Waals surface area contributed by atoms with Gasteiger partial charge in [-0.2, -0.15) is 4.98 Å². The van der Waals surface area contributed by atoms with Crippen LogP contribution in [0.3, 0.4) is 0 Å². The number of nitrogens with zero attached hydrogens (tertiary/aromatic N) is 2. The highest BCUT2D eigenvalue weighted by Crippen LogP contribution is 2.17. The molecule has 1 saturated heterocycles. The van der Waals surface area contributed by atoms with E-state index in [1.54, 1.807) is 12.1 Å². The summed E-state index contributed by atoms with van der Waals surface area (Å²) in [6.07, 6.45) is 4.32. The van der Waals surface area contributed by atoms with Crippen LogP contribution in [0.15, 0.2) is 28.8 Å². The van der Waals surface area contributed by atoms with Crippen LogP contribution in [0.1, 0.15) is 31.0 Å². The Labute approximate surface area is 123 Å². The molecule has 1 aromatic heterocycles. The first-order valence-electron chi connectivity index (χ1n) is 7.21. The summed E-state index contributed by atoms with van der Waals surface area (Å²) < 4.78 is 16.4. The molecule has 1 atom stereocenters. The van der Waals surface area contributed by atoms with Gasteiger partial charge >= 0.3 is 0 Å². The maximum atomic E-state index is 5.67. The van der Waals surface area contributed by atoms with E-state index in [9.17, 15) is 0 Å². The number of ether oxygens (including phenoxy) is 2. The Balaban J connectivity index is 1.51. The predicted octanol–water partition coefficient (Wildman–Crippen LogP) is 2.34. The first-order chi connectivity index (χ1) is 10.3. The lowest BCUT2D eigenvalue weighted by atomic mass is 10.1.